The fourth-order valence-corrected chi connectivity index (χ4v) is 3.10. The number of aromatic nitrogens is 2. The maximum Gasteiger partial charge on any atom is 0.193 e. The highest BCUT2D eigenvalue weighted by molar-refractivity contribution is 5.79. The molecule has 0 aliphatic carbocycles. The number of imidazole rings is 1. The summed E-state index contributed by atoms with van der Waals surface area (Å²) >= 11 is 0. The average Bonchev–Trinajstić information content (AvgIpc) is 3.38. The Balaban J connectivity index is 1.61. The van der Waals surface area contributed by atoms with E-state index in [1.54, 1.807) is 13.3 Å². The van der Waals surface area contributed by atoms with Gasteiger partial charge in [0.15, 0.2) is 5.96 Å². The predicted octanol–water partition coefficient (Wildman–Crippen LogP) is 2.98. The molecular weight excluding hydrogens is 352 g/mol. The number of H-pyrrole nitrogens is 1. The molecule has 7 nitrogen and oxygen atoms in total. The zero-order valence-corrected chi connectivity index (χ0v) is 16.9. The number of hydrogen-bond acceptors (Lipinski definition) is 4. The van der Waals surface area contributed by atoms with Gasteiger partial charge in [0.25, 0.3) is 0 Å². The topological polar surface area (TPSA) is 72.7 Å². The van der Waals surface area contributed by atoms with Gasteiger partial charge < -0.3 is 19.6 Å². The summed E-state index contributed by atoms with van der Waals surface area (Å²) in [4.78, 5) is 16.5. The van der Waals surface area contributed by atoms with Crippen LogP contribution in [0, 0.1) is 0 Å². The molecule has 0 saturated carbocycles. The molecule has 1 aromatic carbocycles. The number of furan rings is 1. The van der Waals surface area contributed by atoms with Crippen molar-refractivity contribution in [2.45, 2.75) is 12.6 Å². The minimum atomic E-state index is 0.119. The Bertz CT molecular complexity index is 869. The summed E-state index contributed by atoms with van der Waals surface area (Å²) in [5.74, 6) is 2.62. The van der Waals surface area contributed by atoms with Gasteiger partial charge in [-0.3, -0.25) is 9.89 Å². The lowest BCUT2D eigenvalue weighted by Crippen LogP contribution is -2.42. The normalized spacial score (nSPS) is 13.0. The van der Waals surface area contributed by atoms with Crippen LogP contribution >= 0.6 is 0 Å². The number of rotatable bonds is 7. The van der Waals surface area contributed by atoms with E-state index in [-0.39, 0.29) is 6.04 Å². The molecule has 0 amide bonds. The lowest BCUT2D eigenvalue weighted by atomic mass is 10.2. The summed E-state index contributed by atoms with van der Waals surface area (Å²) in [5, 5.41) is 3.43. The smallest absolute Gasteiger partial charge is 0.193 e. The van der Waals surface area contributed by atoms with Crippen molar-refractivity contribution in [2.24, 2.45) is 4.99 Å². The van der Waals surface area contributed by atoms with Gasteiger partial charge in [-0.2, -0.15) is 0 Å². The van der Waals surface area contributed by atoms with Crippen LogP contribution in [-0.4, -0.2) is 60.5 Å². The van der Waals surface area contributed by atoms with E-state index in [2.05, 4.69) is 37.3 Å². The van der Waals surface area contributed by atoms with E-state index in [0.717, 1.165) is 28.8 Å². The first kappa shape index (κ1) is 19.7. The molecule has 0 spiro atoms. The highest BCUT2D eigenvalue weighted by Crippen LogP contribution is 2.18. The fraction of sp³-hybridized carbons (Fsp3) is 0.333. The Morgan fingerprint density at radius 1 is 1.18 bits per heavy atom. The molecule has 28 heavy (non-hydrogen) atoms. The molecule has 0 aliphatic heterocycles. The van der Waals surface area contributed by atoms with Gasteiger partial charge in [0.2, 0.25) is 0 Å². The van der Waals surface area contributed by atoms with Crippen molar-refractivity contribution in [3.8, 4) is 11.3 Å². The van der Waals surface area contributed by atoms with Gasteiger partial charge in [0, 0.05) is 20.6 Å². The second-order valence-electron chi connectivity index (χ2n) is 6.89. The van der Waals surface area contributed by atoms with Crippen LogP contribution < -0.4 is 5.32 Å². The quantitative estimate of drug-likeness (QED) is 0.487. The average molecular weight is 380 g/mol. The number of hydrogen-bond donors (Lipinski definition) is 2. The molecule has 2 aromatic heterocycles. The SMILES string of the molecule is CN=C(NCC(c1ccco1)N(C)C)N(C)Cc1ncc(-c2ccccc2)[nH]1. The molecule has 0 fully saturated rings. The van der Waals surface area contributed by atoms with Crippen LogP contribution in [0.25, 0.3) is 11.3 Å². The molecule has 3 aromatic rings. The van der Waals surface area contributed by atoms with E-state index >= 15 is 0 Å². The highest BCUT2D eigenvalue weighted by Gasteiger charge is 2.18. The number of guanidine groups is 1. The maximum absolute atomic E-state index is 5.57. The third-order valence-electron chi connectivity index (χ3n) is 4.62. The van der Waals surface area contributed by atoms with E-state index in [1.165, 1.54) is 0 Å². The van der Waals surface area contributed by atoms with Crippen molar-refractivity contribution in [1.82, 2.24) is 25.1 Å². The lowest BCUT2D eigenvalue weighted by Gasteiger charge is -2.26. The molecule has 3 rings (SSSR count). The lowest BCUT2D eigenvalue weighted by molar-refractivity contribution is 0.256. The molecule has 0 radical (unpaired) electrons. The minimum Gasteiger partial charge on any atom is -0.468 e. The second-order valence-corrected chi connectivity index (χ2v) is 6.89. The van der Waals surface area contributed by atoms with Gasteiger partial charge in [-0.05, 0) is 31.8 Å². The van der Waals surface area contributed by atoms with Gasteiger partial charge >= 0.3 is 0 Å². The van der Waals surface area contributed by atoms with Gasteiger partial charge in [-0.1, -0.05) is 30.3 Å². The van der Waals surface area contributed by atoms with E-state index in [9.17, 15) is 0 Å². The predicted molar refractivity (Wildman–Crippen MR) is 112 cm³/mol. The molecule has 0 bridgehead atoms. The van der Waals surface area contributed by atoms with Crippen molar-refractivity contribution in [2.75, 3.05) is 34.7 Å². The minimum absolute atomic E-state index is 0.119. The Labute approximate surface area is 166 Å². The largest absolute Gasteiger partial charge is 0.468 e. The van der Waals surface area contributed by atoms with Crippen LogP contribution in [0.15, 0.2) is 64.3 Å². The van der Waals surface area contributed by atoms with Crippen molar-refractivity contribution in [1.29, 1.82) is 0 Å². The van der Waals surface area contributed by atoms with E-state index < -0.39 is 0 Å². The van der Waals surface area contributed by atoms with Crippen molar-refractivity contribution < 1.29 is 4.42 Å². The van der Waals surface area contributed by atoms with Crippen LogP contribution in [0.2, 0.25) is 0 Å². The standard InChI is InChI=1S/C21H28N6O/c1-22-21(24-14-18(26(2)3)19-11-8-12-28-19)27(4)15-20-23-13-17(25-20)16-9-6-5-7-10-16/h5-13,18H,14-15H2,1-4H3,(H,22,24)(H,23,25). The van der Waals surface area contributed by atoms with Crippen molar-refractivity contribution in [3.63, 3.8) is 0 Å². The van der Waals surface area contributed by atoms with E-state index in [0.29, 0.717) is 13.1 Å². The Kier molecular flexibility index (Phi) is 6.49. The fourth-order valence-electron chi connectivity index (χ4n) is 3.10. The summed E-state index contributed by atoms with van der Waals surface area (Å²) in [5.41, 5.74) is 2.14. The molecule has 2 N–H and O–H groups in total. The summed E-state index contributed by atoms with van der Waals surface area (Å²) in [7, 11) is 7.86. The summed E-state index contributed by atoms with van der Waals surface area (Å²) in [6, 6.07) is 14.2. The number of aromatic amines is 1. The Morgan fingerprint density at radius 3 is 2.61 bits per heavy atom. The molecule has 0 aliphatic rings. The number of nitrogens with one attached hydrogen (secondary N) is 2. The number of aliphatic imine (C=N–C) groups is 1. The molecule has 1 atom stereocenters. The van der Waals surface area contributed by atoms with Crippen LogP contribution in [0.4, 0.5) is 0 Å². The number of nitrogens with zero attached hydrogens (tertiary/aromatic N) is 4. The van der Waals surface area contributed by atoms with Crippen LogP contribution in [0.1, 0.15) is 17.6 Å². The number of benzene rings is 1. The molecule has 1 unspecified atom stereocenters. The molecule has 148 valence electrons. The zero-order valence-electron chi connectivity index (χ0n) is 16.9. The maximum atomic E-state index is 5.57. The van der Waals surface area contributed by atoms with Gasteiger partial charge in [-0.25, -0.2) is 4.98 Å². The number of likely N-dealkylation sites (N-methyl/N-ethyl adjacent to an activating group) is 1. The van der Waals surface area contributed by atoms with Crippen LogP contribution in [0.5, 0.6) is 0 Å². The molecule has 7 heteroatoms. The first-order valence-corrected chi connectivity index (χ1v) is 9.29. The monoisotopic (exact) mass is 380 g/mol. The van der Waals surface area contributed by atoms with Crippen molar-refractivity contribution in [3.05, 3.63) is 66.5 Å². The van der Waals surface area contributed by atoms with Gasteiger partial charge in [0.1, 0.15) is 11.6 Å². The van der Waals surface area contributed by atoms with Crippen LogP contribution in [-0.2, 0) is 6.54 Å². The van der Waals surface area contributed by atoms with Crippen LogP contribution in [0.3, 0.4) is 0 Å². The first-order valence-electron chi connectivity index (χ1n) is 9.29. The molecule has 0 saturated heterocycles. The first-order chi connectivity index (χ1) is 13.6. The Morgan fingerprint density at radius 2 is 1.96 bits per heavy atom. The highest BCUT2D eigenvalue weighted by atomic mass is 16.3. The van der Waals surface area contributed by atoms with Gasteiger partial charge in [-0.15, -0.1) is 0 Å². The summed E-state index contributed by atoms with van der Waals surface area (Å²) in [6.07, 6.45) is 3.57. The van der Waals surface area contributed by atoms with Crippen molar-refractivity contribution >= 4 is 5.96 Å². The van der Waals surface area contributed by atoms with Gasteiger partial charge in [0.05, 0.1) is 30.7 Å². The third-order valence-corrected chi connectivity index (χ3v) is 4.62. The molecule has 2 heterocycles. The zero-order chi connectivity index (χ0) is 19.9. The summed E-state index contributed by atoms with van der Waals surface area (Å²) in [6.45, 7) is 1.31. The summed E-state index contributed by atoms with van der Waals surface area (Å²) < 4.78 is 5.57. The second kappa shape index (κ2) is 9.23. The molecular formula is C21H28N6O. The van der Waals surface area contributed by atoms with E-state index in [1.807, 2.05) is 62.6 Å². The van der Waals surface area contributed by atoms with E-state index in [4.69, 9.17) is 4.42 Å². The third kappa shape index (κ3) is 4.80. The Hall–Kier alpha value is -3.06.